The first-order valence-electron chi connectivity index (χ1n) is 8.32. The van der Waals surface area contributed by atoms with Crippen LogP contribution in [0.2, 0.25) is 0 Å². The molecular weight excluding hydrogens is 322 g/mol. The normalized spacial score (nSPS) is 12.7. The largest absolute Gasteiger partial charge is 0.461 e. The third-order valence-corrected chi connectivity index (χ3v) is 3.38. The molecule has 7 heteroatoms. The number of ether oxygens (including phenoxy) is 2. The van der Waals surface area contributed by atoms with Gasteiger partial charge in [0.2, 0.25) is 0 Å². The summed E-state index contributed by atoms with van der Waals surface area (Å²) in [5.41, 5.74) is 1.36. The minimum absolute atomic E-state index is 0.251. The molecule has 1 N–H and O–H groups in total. The van der Waals surface area contributed by atoms with Gasteiger partial charge in [-0.05, 0) is 52.8 Å². The number of carbonyl (C=O) groups is 2. The van der Waals surface area contributed by atoms with E-state index in [2.05, 4.69) is 10.3 Å². The Bertz CT molecular complexity index is 761. The first kappa shape index (κ1) is 18.8. The van der Waals surface area contributed by atoms with Gasteiger partial charge < -0.3 is 19.4 Å². The average Bonchev–Trinajstić information content (AvgIpc) is 2.84. The topological polar surface area (TPSA) is 82.5 Å². The quantitative estimate of drug-likeness (QED) is 0.840. The van der Waals surface area contributed by atoms with Crippen LogP contribution in [0.1, 0.15) is 45.1 Å². The first-order chi connectivity index (χ1) is 11.7. The molecule has 0 aliphatic rings. The lowest BCUT2D eigenvalue weighted by atomic mass is 10.2. The van der Waals surface area contributed by atoms with Crippen LogP contribution in [0.5, 0.6) is 0 Å². The Morgan fingerprint density at radius 2 is 2.08 bits per heavy atom. The Morgan fingerprint density at radius 1 is 1.36 bits per heavy atom. The van der Waals surface area contributed by atoms with Gasteiger partial charge in [-0.25, -0.2) is 9.59 Å². The number of nitrogens with zero attached hydrogens (tertiary/aromatic N) is 2. The number of alkyl carbamates (subject to hydrolysis) is 1. The number of esters is 1. The fourth-order valence-corrected chi connectivity index (χ4v) is 2.48. The van der Waals surface area contributed by atoms with Gasteiger partial charge in [0.25, 0.3) is 0 Å². The van der Waals surface area contributed by atoms with E-state index in [0.29, 0.717) is 24.4 Å². The maximum absolute atomic E-state index is 12.2. The number of carbonyl (C=O) groups excluding carboxylic acids is 2. The van der Waals surface area contributed by atoms with Gasteiger partial charge in [0.15, 0.2) is 0 Å². The molecule has 0 bridgehead atoms. The molecule has 1 unspecified atom stereocenters. The number of aromatic nitrogens is 2. The Balaban J connectivity index is 2.22. The van der Waals surface area contributed by atoms with Crippen LogP contribution in [0.4, 0.5) is 4.79 Å². The number of hydrogen-bond acceptors (Lipinski definition) is 5. The van der Waals surface area contributed by atoms with Crippen LogP contribution in [0.25, 0.3) is 11.0 Å². The van der Waals surface area contributed by atoms with Crippen LogP contribution < -0.4 is 5.32 Å². The maximum Gasteiger partial charge on any atom is 0.407 e. The summed E-state index contributed by atoms with van der Waals surface area (Å²) in [5.74, 6) is -0.412. The first-order valence-corrected chi connectivity index (χ1v) is 8.32. The predicted molar refractivity (Wildman–Crippen MR) is 94.5 cm³/mol. The molecular formula is C18H25N3O4. The summed E-state index contributed by atoms with van der Waals surface area (Å²) in [6.07, 6.45) is 1.18. The van der Waals surface area contributed by atoms with Crippen LogP contribution in [0.15, 0.2) is 24.4 Å². The van der Waals surface area contributed by atoms with E-state index < -0.39 is 17.7 Å². The number of pyridine rings is 1. The van der Waals surface area contributed by atoms with Crippen molar-refractivity contribution in [2.24, 2.45) is 0 Å². The number of hydrogen-bond donors (Lipinski definition) is 1. The Labute approximate surface area is 147 Å². The van der Waals surface area contributed by atoms with E-state index in [0.717, 1.165) is 5.52 Å². The zero-order valence-corrected chi connectivity index (χ0v) is 15.3. The Hall–Kier alpha value is -2.57. The summed E-state index contributed by atoms with van der Waals surface area (Å²) in [5, 5.41) is 2.78. The van der Waals surface area contributed by atoms with Crippen molar-refractivity contribution in [1.29, 1.82) is 0 Å². The molecule has 0 fully saturated rings. The average molecular weight is 347 g/mol. The highest BCUT2D eigenvalue weighted by atomic mass is 16.6. The zero-order valence-electron chi connectivity index (χ0n) is 15.3. The molecule has 2 aromatic rings. The van der Waals surface area contributed by atoms with Crippen LogP contribution in [-0.4, -0.2) is 39.9 Å². The summed E-state index contributed by atoms with van der Waals surface area (Å²) >= 11 is 0. The molecule has 0 saturated carbocycles. The molecule has 0 aromatic carbocycles. The van der Waals surface area contributed by atoms with Gasteiger partial charge >= 0.3 is 12.1 Å². The number of nitrogens with one attached hydrogen (secondary N) is 1. The second kappa shape index (κ2) is 7.55. The Kier molecular flexibility index (Phi) is 5.66. The van der Waals surface area contributed by atoms with Gasteiger partial charge in [0.05, 0.1) is 17.6 Å². The molecule has 136 valence electrons. The Morgan fingerprint density at radius 3 is 2.72 bits per heavy atom. The van der Waals surface area contributed by atoms with Crippen LogP contribution in [-0.2, 0) is 16.0 Å². The monoisotopic (exact) mass is 347 g/mol. The highest BCUT2D eigenvalue weighted by Gasteiger charge is 2.21. The highest BCUT2D eigenvalue weighted by Crippen LogP contribution is 2.19. The second-order valence-electron chi connectivity index (χ2n) is 6.82. The molecule has 0 aliphatic carbocycles. The van der Waals surface area contributed by atoms with Crippen molar-refractivity contribution in [2.75, 3.05) is 6.61 Å². The van der Waals surface area contributed by atoms with Crippen molar-refractivity contribution in [3.05, 3.63) is 30.1 Å². The molecule has 0 radical (unpaired) electrons. The molecule has 1 atom stereocenters. The van der Waals surface area contributed by atoms with E-state index in [-0.39, 0.29) is 6.04 Å². The smallest absolute Gasteiger partial charge is 0.407 e. The molecule has 25 heavy (non-hydrogen) atoms. The molecule has 2 heterocycles. The molecule has 7 nitrogen and oxygen atoms in total. The van der Waals surface area contributed by atoms with Gasteiger partial charge in [-0.15, -0.1) is 0 Å². The van der Waals surface area contributed by atoms with E-state index in [9.17, 15) is 9.59 Å². The van der Waals surface area contributed by atoms with Crippen molar-refractivity contribution in [2.45, 2.75) is 52.8 Å². The zero-order chi connectivity index (χ0) is 18.6. The van der Waals surface area contributed by atoms with Crippen LogP contribution in [0, 0.1) is 0 Å². The van der Waals surface area contributed by atoms with Crippen molar-refractivity contribution in [3.63, 3.8) is 0 Å². The summed E-state index contributed by atoms with van der Waals surface area (Å²) in [4.78, 5) is 28.5. The fourth-order valence-electron chi connectivity index (χ4n) is 2.48. The van der Waals surface area contributed by atoms with E-state index in [1.807, 2.05) is 17.6 Å². The van der Waals surface area contributed by atoms with Gasteiger partial charge in [0, 0.05) is 18.8 Å². The minimum atomic E-state index is -0.566. The lowest BCUT2D eigenvalue weighted by molar-refractivity contribution is 0.0504. The molecule has 0 saturated heterocycles. The number of fused-ring (bicyclic) bond motifs is 1. The van der Waals surface area contributed by atoms with E-state index >= 15 is 0 Å². The van der Waals surface area contributed by atoms with E-state index in [1.54, 1.807) is 46.0 Å². The summed E-state index contributed by atoms with van der Waals surface area (Å²) in [6, 6.07) is 5.14. The lowest BCUT2D eigenvalue weighted by Gasteiger charge is -2.22. The third-order valence-electron chi connectivity index (χ3n) is 3.38. The standard InChI is InChI=1S/C18H25N3O4/c1-6-24-16(22)15-10-13-14(8-7-9-19-13)21(15)11-12(2)20-17(23)25-18(3,4)5/h7-10,12H,6,11H2,1-5H3,(H,20,23). The van der Waals surface area contributed by atoms with Gasteiger partial charge in [-0.1, -0.05) is 0 Å². The van der Waals surface area contributed by atoms with Crippen molar-refractivity contribution in [3.8, 4) is 0 Å². The summed E-state index contributed by atoms with van der Waals surface area (Å²) in [6.45, 7) is 9.71. The second-order valence-corrected chi connectivity index (χ2v) is 6.82. The SMILES string of the molecule is CCOC(=O)c1cc2ncccc2n1CC(C)NC(=O)OC(C)(C)C. The highest BCUT2D eigenvalue weighted by molar-refractivity contribution is 5.94. The molecule has 2 rings (SSSR count). The minimum Gasteiger partial charge on any atom is -0.461 e. The number of rotatable bonds is 5. The lowest BCUT2D eigenvalue weighted by Crippen LogP contribution is -2.40. The molecule has 2 aromatic heterocycles. The van der Waals surface area contributed by atoms with Gasteiger partial charge in [-0.3, -0.25) is 4.98 Å². The van der Waals surface area contributed by atoms with Gasteiger partial charge in [-0.2, -0.15) is 0 Å². The van der Waals surface area contributed by atoms with Gasteiger partial charge in [0.1, 0.15) is 11.3 Å². The van der Waals surface area contributed by atoms with Crippen molar-refractivity contribution in [1.82, 2.24) is 14.9 Å². The van der Waals surface area contributed by atoms with Crippen LogP contribution >= 0.6 is 0 Å². The van der Waals surface area contributed by atoms with Crippen LogP contribution in [0.3, 0.4) is 0 Å². The maximum atomic E-state index is 12.2. The summed E-state index contributed by atoms with van der Waals surface area (Å²) in [7, 11) is 0. The third kappa shape index (κ3) is 4.95. The molecule has 1 amide bonds. The number of amides is 1. The predicted octanol–water partition coefficient (Wildman–Crippen LogP) is 3.13. The van der Waals surface area contributed by atoms with E-state index in [4.69, 9.17) is 9.47 Å². The van der Waals surface area contributed by atoms with Crippen molar-refractivity contribution >= 4 is 23.1 Å². The fraction of sp³-hybridized carbons (Fsp3) is 0.500. The molecule has 0 aliphatic heterocycles. The van der Waals surface area contributed by atoms with E-state index in [1.165, 1.54) is 0 Å². The molecule has 0 spiro atoms. The summed E-state index contributed by atoms with van der Waals surface area (Å²) < 4.78 is 12.2. The van der Waals surface area contributed by atoms with Crippen molar-refractivity contribution < 1.29 is 19.1 Å².